The summed E-state index contributed by atoms with van der Waals surface area (Å²) < 4.78 is 19.2. The van der Waals surface area contributed by atoms with Gasteiger partial charge >= 0.3 is 43.7 Å². The van der Waals surface area contributed by atoms with E-state index in [1.54, 1.807) is 25.3 Å². The predicted molar refractivity (Wildman–Crippen MR) is 134 cm³/mol. The van der Waals surface area contributed by atoms with Crippen molar-refractivity contribution in [2.75, 3.05) is 7.11 Å². The number of methoxy groups -OCH3 is 1. The SMILES string of the molecule is COCc1c(C(C)C)nc(C(C)C)c(/C=C/[C@@H](O)C[C@@H](O)CC(=O)O)c1-c1ccc(F)cc1.[Ca+2].[H-].[H-]. The van der Waals surface area contributed by atoms with E-state index in [0.717, 1.165) is 33.6 Å². The minimum atomic E-state index is -1.16. The molecule has 0 spiro atoms. The summed E-state index contributed by atoms with van der Waals surface area (Å²) >= 11 is 0. The molecular weight excluding hydrogens is 465 g/mol. The van der Waals surface area contributed by atoms with Crippen LogP contribution < -0.4 is 0 Å². The zero-order valence-corrected chi connectivity index (χ0v) is 22.8. The number of hydrogen-bond acceptors (Lipinski definition) is 5. The number of aliphatic hydroxyl groups is 2. The molecule has 184 valence electrons. The molecule has 2 aromatic rings. The minimum Gasteiger partial charge on any atom is -1.00 e. The van der Waals surface area contributed by atoms with E-state index >= 15 is 0 Å². The van der Waals surface area contributed by atoms with Gasteiger partial charge in [0.1, 0.15) is 5.82 Å². The van der Waals surface area contributed by atoms with Crippen molar-refractivity contribution in [2.45, 2.75) is 71.2 Å². The first-order chi connectivity index (χ1) is 15.5. The Balaban J connectivity index is 0. The number of aromatic nitrogens is 1. The second-order valence-corrected chi connectivity index (χ2v) is 8.81. The van der Waals surface area contributed by atoms with E-state index in [0.29, 0.717) is 6.61 Å². The Morgan fingerprint density at radius 2 is 1.71 bits per heavy atom. The summed E-state index contributed by atoms with van der Waals surface area (Å²) in [4.78, 5) is 15.8. The number of rotatable bonds is 11. The maximum absolute atomic E-state index is 13.7. The number of hydrogen-bond donors (Lipinski definition) is 3. The standard InChI is InChI=1S/C26H34FNO5.Ca.2H/c1-15(2)25-21(11-10-19(29)12-20(30)13-23(31)32)24(17-6-8-18(27)9-7-17)22(14-33-5)26(28-25)16(3)4;;;/h6-11,15-16,19-20,29-30H,12-14H2,1-5H3,(H,31,32);;;/q;+2;2*-1/b11-10+;;;/t19-,20-;;;/m1.../s1. The van der Waals surface area contributed by atoms with E-state index in [1.165, 1.54) is 18.2 Å². The van der Waals surface area contributed by atoms with Crippen LogP contribution in [0.2, 0.25) is 0 Å². The van der Waals surface area contributed by atoms with Gasteiger partial charge < -0.3 is 22.9 Å². The fraction of sp³-hybridized carbons (Fsp3) is 0.462. The van der Waals surface area contributed by atoms with E-state index in [9.17, 15) is 19.4 Å². The first-order valence-electron chi connectivity index (χ1n) is 11.1. The van der Waals surface area contributed by atoms with Crippen molar-refractivity contribution in [1.29, 1.82) is 0 Å². The topological polar surface area (TPSA) is 99.9 Å². The van der Waals surface area contributed by atoms with Crippen molar-refractivity contribution in [1.82, 2.24) is 4.98 Å². The van der Waals surface area contributed by atoms with Crippen LogP contribution in [-0.4, -0.2) is 83.3 Å². The van der Waals surface area contributed by atoms with Gasteiger partial charge in [0.25, 0.3) is 0 Å². The van der Waals surface area contributed by atoms with Gasteiger partial charge in [0.15, 0.2) is 0 Å². The van der Waals surface area contributed by atoms with E-state index in [4.69, 9.17) is 14.8 Å². The smallest absolute Gasteiger partial charge is 1.00 e. The van der Waals surface area contributed by atoms with Gasteiger partial charge in [0.05, 0.1) is 30.9 Å². The molecule has 2 atom stereocenters. The maximum Gasteiger partial charge on any atom is 2.00 e. The Kier molecular flexibility index (Phi) is 12.9. The van der Waals surface area contributed by atoms with Crippen LogP contribution in [0.25, 0.3) is 17.2 Å². The average Bonchev–Trinajstić information content (AvgIpc) is 2.72. The van der Waals surface area contributed by atoms with E-state index in [2.05, 4.69) is 13.8 Å². The summed E-state index contributed by atoms with van der Waals surface area (Å²) in [6.45, 7) is 8.49. The van der Waals surface area contributed by atoms with Gasteiger partial charge in [-0.1, -0.05) is 52.0 Å². The number of ether oxygens (including phenoxy) is 1. The molecule has 0 aliphatic carbocycles. The first-order valence-corrected chi connectivity index (χ1v) is 11.1. The van der Waals surface area contributed by atoms with E-state index in [1.807, 2.05) is 13.8 Å². The van der Waals surface area contributed by atoms with Crippen LogP contribution in [-0.2, 0) is 16.1 Å². The van der Waals surface area contributed by atoms with Crippen molar-refractivity contribution in [3.63, 3.8) is 0 Å². The van der Waals surface area contributed by atoms with Crippen LogP contribution in [0.1, 0.15) is 77.7 Å². The third-order valence-electron chi connectivity index (χ3n) is 5.32. The Bertz CT molecular complexity index is 987. The number of carboxylic acids is 1. The van der Waals surface area contributed by atoms with Crippen molar-refractivity contribution in [2.24, 2.45) is 0 Å². The molecule has 6 nitrogen and oxygen atoms in total. The summed E-state index contributed by atoms with van der Waals surface area (Å²) in [5.41, 5.74) is 5.05. The van der Waals surface area contributed by atoms with Gasteiger partial charge in [0.2, 0.25) is 0 Å². The van der Waals surface area contributed by atoms with Gasteiger partial charge in [-0.25, -0.2) is 4.39 Å². The largest absolute Gasteiger partial charge is 2.00 e. The number of carbonyl (C=O) groups is 1. The second kappa shape index (κ2) is 14.3. The minimum absolute atomic E-state index is 0. The summed E-state index contributed by atoms with van der Waals surface area (Å²) in [6, 6.07) is 6.23. The summed E-state index contributed by atoms with van der Waals surface area (Å²) in [7, 11) is 1.61. The molecular formula is C26H36CaFNO5. The molecule has 34 heavy (non-hydrogen) atoms. The van der Waals surface area contributed by atoms with Crippen molar-refractivity contribution < 1.29 is 32.1 Å². The maximum atomic E-state index is 13.7. The molecule has 0 unspecified atom stereocenters. The number of benzene rings is 1. The first kappa shape index (κ1) is 30.7. The van der Waals surface area contributed by atoms with Crippen molar-refractivity contribution >= 4 is 49.8 Å². The monoisotopic (exact) mass is 501 g/mol. The average molecular weight is 502 g/mol. The van der Waals surface area contributed by atoms with Crippen LogP contribution >= 0.6 is 0 Å². The zero-order chi connectivity index (χ0) is 24.7. The molecule has 0 bridgehead atoms. The van der Waals surface area contributed by atoms with Crippen molar-refractivity contribution in [3.05, 3.63) is 58.7 Å². The zero-order valence-electron chi connectivity index (χ0n) is 22.6. The molecule has 2 rings (SSSR count). The summed E-state index contributed by atoms with van der Waals surface area (Å²) in [5.74, 6) is -1.28. The van der Waals surface area contributed by atoms with Crippen LogP contribution in [0.3, 0.4) is 0 Å². The number of aliphatic hydroxyl groups excluding tert-OH is 2. The number of carboxylic acid groups (broad SMARTS) is 1. The molecule has 0 radical (unpaired) electrons. The molecule has 1 heterocycles. The van der Waals surface area contributed by atoms with Crippen LogP contribution in [0.4, 0.5) is 4.39 Å². The van der Waals surface area contributed by atoms with E-state index < -0.39 is 24.6 Å². The number of aliphatic carboxylic acids is 1. The Morgan fingerprint density at radius 1 is 1.12 bits per heavy atom. The Hall–Kier alpha value is -1.35. The summed E-state index contributed by atoms with van der Waals surface area (Å²) in [6.07, 6.45) is 0.541. The van der Waals surface area contributed by atoms with Crippen molar-refractivity contribution in [3.8, 4) is 11.1 Å². The second-order valence-electron chi connectivity index (χ2n) is 8.81. The molecule has 0 saturated heterocycles. The van der Waals surface area contributed by atoms with E-state index in [-0.39, 0.29) is 64.7 Å². The molecule has 3 N–H and O–H groups in total. The molecule has 0 aliphatic rings. The quantitative estimate of drug-likeness (QED) is 0.385. The molecule has 1 aromatic carbocycles. The van der Waals surface area contributed by atoms with Gasteiger partial charge in [0, 0.05) is 30.4 Å². The Morgan fingerprint density at radius 3 is 2.21 bits per heavy atom. The third kappa shape index (κ3) is 8.40. The molecule has 0 fully saturated rings. The molecule has 8 heteroatoms. The number of nitrogens with zero attached hydrogens (tertiary/aromatic N) is 1. The molecule has 0 aliphatic heterocycles. The molecule has 0 saturated carbocycles. The predicted octanol–water partition coefficient (Wildman–Crippen LogP) is 4.72. The normalized spacial score (nSPS) is 13.4. The molecule has 1 aromatic heterocycles. The molecule has 0 amide bonds. The van der Waals surface area contributed by atoms with Gasteiger partial charge in [-0.2, -0.15) is 0 Å². The number of pyridine rings is 1. The van der Waals surface area contributed by atoms with Crippen LogP contribution in [0.5, 0.6) is 0 Å². The summed E-state index contributed by atoms with van der Waals surface area (Å²) in [5, 5.41) is 29.1. The fourth-order valence-electron chi connectivity index (χ4n) is 3.85. The van der Waals surface area contributed by atoms with Crippen LogP contribution in [0.15, 0.2) is 30.3 Å². The van der Waals surface area contributed by atoms with Gasteiger partial charge in [-0.15, -0.1) is 0 Å². The number of halogens is 1. The van der Waals surface area contributed by atoms with Crippen LogP contribution in [0, 0.1) is 5.82 Å². The van der Waals surface area contributed by atoms with Gasteiger partial charge in [-0.05, 0) is 35.1 Å². The third-order valence-corrected chi connectivity index (χ3v) is 5.32. The fourth-order valence-corrected chi connectivity index (χ4v) is 3.85. The Labute approximate surface area is 233 Å². The van der Waals surface area contributed by atoms with Gasteiger partial charge in [-0.3, -0.25) is 9.78 Å².